The molecule has 1 nitrogen and oxygen atoms in total. The molecule has 0 N–H and O–H groups in total. The topological polar surface area (TPSA) is 12.4 Å². The predicted octanol–water partition coefficient (Wildman–Crippen LogP) is -0.825. The van der Waals surface area contributed by atoms with Crippen molar-refractivity contribution >= 4 is 17.9 Å². The molecular formula is C2H5NSi2. The lowest BCUT2D eigenvalue weighted by Gasteiger charge is -1.50. The molecule has 0 amide bonds. The molecule has 0 aromatic heterocycles. The van der Waals surface area contributed by atoms with E-state index in [1.807, 2.05) is 6.20 Å². The van der Waals surface area contributed by atoms with Gasteiger partial charge in [-0.2, -0.15) is 0 Å². The van der Waals surface area contributed by atoms with Gasteiger partial charge in [-0.15, -0.1) is 0 Å². The van der Waals surface area contributed by atoms with Gasteiger partial charge in [-0.05, 0) is 0 Å². The molecule has 0 aromatic carbocycles. The maximum atomic E-state index is 4.05. The highest BCUT2D eigenvalue weighted by Gasteiger charge is 1.76. The minimum absolute atomic E-state index is 0.279. The molecule has 0 spiro atoms. The lowest BCUT2D eigenvalue weighted by atomic mass is 11.1. The van der Waals surface area contributed by atoms with Gasteiger partial charge in [-0.25, -0.2) is 0 Å². The molecule has 0 aliphatic carbocycles. The Kier molecular flexibility index (Phi) is 0.902. The first-order valence-corrected chi connectivity index (χ1v) is 6.27. The second-order valence-electron chi connectivity index (χ2n) is 0.952. The smallest absolute Gasteiger partial charge is 0.0958 e. The Hall–Kier alpha value is -0.0262. The fraction of sp³-hybridized carbons (Fsp3) is 0. The zero-order valence-electron chi connectivity index (χ0n) is 2.89. The zero-order chi connectivity index (χ0) is 3.54. The molecule has 0 bridgehead atoms. The molecule has 0 unspecified atom stereocenters. The summed E-state index contributed by atoms with van der Waals surface area (Å²) in [6.45, 7) is 0. The minimum atomic E-state index is 0.279. The summed E-state index contributed by atoms with van der Waals surface area (Å²) < 4.78 is 4.05. The van der Waals surface area contributed by atoms with Crippen LogP contribution in [0.15, 0.2) is 16.5 Å². The molecule has 1 aliphatic heterocycles. The summed E-state index contributed by atoms with van der Waals surface area (Å²) in [7, 11) is 0.858. The van der Waals surface area contributed by atoms with Gasteiger partial charge in [0.1, 0.15) is 0 Å². The van der Waals surface area contributed by atoms with Crippen LogP contribution < -0.4 is 0 Å². The summed E-state index contributed by atoms with van der Waals surface area (Å²) in [6.07, 6.45) is 1.96. The lowest BCUT2D eigenvalue weighted by Crippen LogP contribution is -1.78. The third-order valence-electron chi connectivity index (χ3n) is 0.538. The van der Waals surface area contributed by atoms with Gasteiger partial charge >= 0.3 is 0 Å². The molecule has 0 radical (unpaired) electrons. The van der Waals surface area contributed by atoms with Crippen molar-refractivity contribution in [3.63, 3.8) is 0 Å². The second-order valence-corrected chi connectivity index (χ2v) is 5.07. The average Bonchev–Trinajstić information content (AvgIpc) is 1.76. The van der Waals surface area contributed by atoms with E-state index in [1.165, 1.54) is 0 Å². The Morgan fingerprint density at radius 3 is 3.00 bits per heavy atom. The van der Waals surface area contributed by atoms with Crippen LogP contribution in [0.25, 0.3) is 0 Å². The molecule has 5 heavy (non-hydrogen) atoms. The van der Waals surface area contributed by atoms with Crippen molar-refractivity contribution in [3.8, 4) is 0 Å². The molecule has 1 aliphatic rings. The first-order chi connectivity index (χ1) is 2.50. The van der Waals surface area contributed by atoms with Gasteiger partial charge in [-0.1, -0.05) is 5.70 Å². The highest BCUT2D eigenvalue weighted by Crippen LogP contribution is 1.74. The van der Waals surface area contributed by atoms with Crippen LogP contribution >= 0.6 is 0 Å². The van der Waals surface area contributed by atoms with Crippen LogP contribution in [0, 0.1) is 0 Å². The van der Waals surface area contributed by atoms with Crippen LogP contribution in [-0.2, 0) is 0 Å². The van der Waals surface area contributed by atoms with Gasteiger partial charge in [0.15, 0.2) is 0 Å². The summed E-state index contributed by atoms with van der Waals surface area (Å²) in [6, 6.07) is 0. The fourth-order valence-corrected chi connectivity index (χ4v) is 2.74. The molecular weight excluding hydrogens is 94.2 g/mol. The summed E-state index contributed by atoms with van der Waals surface area (Å²) in [5, 5.41) is 0. The van der Waals surface area contributed by atoms with E-state index in [0.717, 1.165) is 0 Å². The highest BCUT2D eigenvalue weighted by atomic mass is 29.1. The van der Waals surface area contributed by atoms with Crippen molar-refractivity contribution in [2.24, 2.45) is 4.63 Å². The van der Waals surface area contributed by atoms with E-state index in [4.69, 9.17) is 0 Å². The van der Waals surface area contributed by atoms with E-state index < -0.39 is 0 Å². The molecule has 1 heterocycles. The highest BCUT2D eigenvalue weighted by molar-refractivity contribution is 6.98. The zero-order valence-corrected chi connectivity index (χ0v) is 5.46. The quantitative estimate of drug-likeness (QED) is 0.352. The Morgan fingerprint density at radius 1 is 1.80 bits per heavy atom. The fourth-order valence-electron chi connectivity index (χ4n) is 0.304. The van der Waals surface area contributed by atoms with E-state index in [0.29, 0.717) is 8.83 Å². The van der Waals surface area contributed by atoms with Gasteiger partial charge in [-0.3, -0.25) is 0 Å². The summed E-state index contributed by atoms with van der Waals surface area (Å²) in [5.74, 6) is 0. The number of hydrogen-bond acceptors (Lipinski definition) is 1. The second kappa shape index (κ2) is 1.42. The Bertz CT molecular complexity index is 65.7. The average molecular weight is 99.2 g/mol. The predicted molar refractivity (Wildman–Crippen MR) is 27.3 cm³/mol. The Balaban J connectivity index is 2.61. The minimum Gasteiger partial charge on any atom is -0.318 e. The van der Waals surface area contributed by atoms with Crippen molar-refractivity contribution in [2.75, 3.05) is 0 Å². The van der Waals surface area contributed by atoms with Crippen LogP contribution in [0.4, 0.5) is 0 Å². The van der Waals surface area contributed by atoms with E-state index in [2.05, 4.69) is 10.3 Å². The van der Waals surface area contributed by atoms with Crippen LogP contribution in [0.2, 0.25) is 0 Å². The van der Waals surface area contributed by atoms with Gasteiger partial charge in [0.05, 0.1) is 17.9 Å². The van der Waals surface area contributed by atoms with Crippen LogP contribution in [0.1, 0.15) is 0 Å². The molecule has 0 saturated carbocycles. The van der Waals surface area contributed by atoms with E-state index in [9.17, 15) is 0 Å². The molecule has 0 atom stereocenters. The van der Waals surface area contributed by atoms with Crippen molar-refractivity contribution in [1.29, 1.82) is 0 Å². The van der Waals surface area contributed by atoms with Gasteiger partial charge in [0.2, 0.25) is 0 Å². The van der Waals surface area contributed by atoms with Crippen LogP contribution in [0.3, 0.4) is 0 Å². The largest absolute Gasteiger partial charge is 0.318 e. The van der Waals surface area contributed by atoms with Crippen LogP contribution in [-0.4, -0.2) is 17.9 Å². The standard InChI is InChI=1S/C2H5NSi2/c1-2-4-5-3-1/h1-2,5H,4H2. The third kappa shape index (κ3) is 0.626. The summed E-state index contributed by atoms with van der Waals surface area (Å²) in [5.41, 5.74) is 2.25. The monoisotopic (exact) mass is 99.0 g/mol. The first kappa shape index (κ1) is 3.17. The van der Waals surface area contributed by atoms with Gasteiger partial charge in [0.25, 0.3) is 0 Å². The van der Waals surface area contributed by atoms with E-state index >= 15 is 0 Å². The number of hydrogen-bond donors (Lipinski definition) is 0. The SMILES string of the molecule is C1=C[SiH2][SiH]=N1. The maximum absolute atomic E-state index is 4.05. The number of nitrogens with zero attached hydrogens (tertiary/aromatic N) is 1. The molecule has 0 fully saturated rings. The normalized spacial score (nSPS) is 22.4. The van der Waals surface area contributed by atoms with Crippen molar-refractivity contribution < 1.29 is 0 Å². The molecule has 3 heteroatoms. The lowest BCUT2D eigenvalue weighted by molar-refractivity contribution is 1.67. The van der Waals surface area contributed by atoms with Crippen molar-refractivity contribution in [2.45, 2.75) is 0 Å². The van der Waals surface area contributed by atoms with Gasteiger partial charge < -0.3 is 4.63 Å². The molecule has 0 saturated heterocycles. The maximum Gasteiger partial charge on any atom is 0.0958 e. The summed E-state index contributed by atoms with van der Waals surface area (Å²) >= 11 is 0. The third-order valence-corrected chi connectivity index (χ3v) is 3.70. The molecule has 0 aromatic rings. The Morgan fingerprint density at radius 2 is 2.80 bits per heavy atom. The van der Waals surface area contributed by atoms with E-state index in [-0.39, 0.29) is 9.04 Å². The summed E-state index contributed by atoms with van der Waals surface area (Å²) in [4.78, 5) is 0. The van der Waals surface area contributed by atoms with Crippen LogP contribution in [0.5, 0.6) is 0 Å². The molecule has 1 rings (SSSR count). The van der Waals surface area contributed by atoms with Crippen molar-refractivity contribution in [1.82, 2.24) is 0 Å². The first-order valence-electron chi connectivity index (χ1n) is 1.67. The van der Waals surface area contributed by atoms with E-state index in [1.54, 1.807) is 0 Å². The number of rotatable bonds is 0. The van der Waals surface area contributed by atoms with Crippen molar-refractivity contribution in [3.05, 3.63) is 11.9 Å². The molecule has 26 valence electrons. The van der Waals surface area contributed by atoms with Gasteiger partial charge in [0, 0.05) is 6.20 Å². The Labute approximate surface area is 35.3 Å².